The van der Waals surface area contributed by atoms with Crippen molar-refractivity contribution in [3.05, 3.63) is 0 Å². The molecule has 1 unspecified atom stereocenters. The minimum atomic E-state index is -0.169. The SMILES string of the molecule is CN1CCN(CCCNC(=O)C2COCCN2)CC1. The minimum absolute atomic E-state index is 0.0677. The molecule has 6 nitrogen and oxygen atoms in total. The molecule has 1 atom stereocenters. The van der Waals surface area contributed by atoms with Crippen molar-refractivity contribution in [3.63, 3.8) is 0 Å². The van der Waals surface area contributed by atoms with E-state index >= 15 is 0 Å². The Morgan fingerprint density at radius 3 is 2.84 bits per heavy atom. The summed E-state index contributed by atoms with van der Waals surface area (Å²) in [5, 5.41) is 6.14. The Morgan fingerprint density at radius 1 is 1.37 bits per heavy atom. The number of morpholine rings is 1. The van der Waals surface area contributed by atoms with E-state index in [1.54, 1.807) is 0 Å². The lowest BCUT2D eigenvalue weighted by Gasteiger charge is -2.32. The van der Waals surface area contributed by atoms with Gasteiger partial charge in [0.1, 0.15) is 6.04 Å². The highest BCUT2D eigenvalue weighted by molar-refractivity contribution is 5.81. The maximum Gasteiger partial charge on any atom is 0.239 e. The standard InChI is InChI=1S/C13H26N4O2/c1-16-6-8-17(9-7-16)5-2-3-15-13(18)12-11-19-10-4-14-12/h12,14H,2-11H2,1H3,(H,15,18). The zero-order chi connectivity index (χ0) is 13.5. The average molecular weight is 270 g/mol. The Bertz CT molecular complexity index is 274. The van der Waals surface area contributed by atoms with Gasteiger partial charge in [0.2, 0.25) is 5.91 Å². The van der Waals surface area contributed by atoms with Gasteiger partial charge in [0.05, 0.1) is 13.2 Å². The number of nitrogens with zero attached hydrogens (tertiary/aromatic N) is 2. The van der Waals surface area contributed by atoms with Crippen LogP contribution in [0.25, 0.3) is 0 Å². The summed E-state index contributed by atoms with van der Waals surface area (Å²) in [6.07, 6.45) is 1.02. The van der Waals surface area contributed by atoms with Crippen molar-refractivity contribution in [3.8, 4) is 0 Å². The molecular formula is C13H26N4O2. The molecule has 1 amide bonds. The fraction of sp³-hybridized carbons (Fsp3) is 0.923. The van der Waals surface area contributed by atoms with Crippen molar-refractivity contribution in [2.75, 3.05) is 66.1 Å². The number of carbonyl (C=O) groups excluding carboxylic acids is 1. The Hall–Kier alpha value is -0.690. The van der Waals surface area contributed by atoms with Crippen LogP contribution in [-0.2, 0) is 9.53 Å². The molecule has 0 aliphatic carbocycles. The number of hydrogen-bond donors (Lipinski definition) is 2. The highest BCUT2D eigenvalue weighted by atomic mass is 16.5. The molecule has 0 radical (unpaired) electrons. The minimum Gasteiger partial charge on any atom is -0.378 e. The van der Waals surface area contributed by atoms with E-state index in [1.165, 1.54) is 0 Å². The predicted molar refractivity (Wildman–Crippen MR) is 74.2 cm³/mol. The van der Waals surface area contributed by atoms with E-state index in [1.807, 2.05) is 0 Å². The van der Waals surface area contributed by atoms with Gasteiger partial charge in [-0.05, 0) is 20.0 Å². The van der Waals surface area contributed by atoms with Crippen LogP contribution in [0.15, 0.2) is 0 Å². The Labute approximate surface area is 115 Å². The van der Waals surface area contributed by atoms with Crippen LogP contribution in [-0.4, -0.2) is 87.8 Å². The molecule has 110 valence electrons. The molecular weight excluding hydrogens is 244 g/mol. The van der Waals surface area contributed by atoms with Gasteiger partial charge >= 0.3 is 0 Å². The summed E-state index contributed by atoms with van der Waals surface area (Å²) >= 11 is 0. The first kappa shape index (κ1) is 14.7. The Morgan fingerprint density at radius 2 is 2.16 bits per heavy atom. The molecule has 2 aliphatic rings. The van der Waals surface area contributed by atoms with E-state index in [0.717, 1.165) is 52.2 Å². The van der Waals surface area contributed by atoms with Gasteiger partial charge in [-0.1, -0.05) is 0 Å². The lowest BCUT2D eigenvalue weighted by atomic mass is 10.2. The van der Waals surface area contributed by atoms with Crippen LogP contribution in [0.5, 0.6) is 0 Å². The molecule has 0 aromatic heterocycles. The number of carbonyl (C=O) groups is 1. The number of ether oxygens (including phenoxy) is 1. The van der Waals surface area contributed by atoms with Crippen LogP contribution in [0.2, 0.25) is 0 Å². The van der Waals surface area contributed by atoms with Crippen LogP contribution in [0.4, 0.5) is 0 Å². The van der Waals surface area contributed by atoms with E-state index in [4.69, 9.17) is 4.74 Å². The predicted octanol–water partition coefficient (Wildman–Crippen LogP) is -1.27. The summed E-state index contributed by atoms with van der Waals surface area (Å²) in [6.45, 7) is 8.36. The Balaban J connectivity index is 1.52. The quantitative estimate of drug-likeness (QED) is 0.610. The summed E-state index contributed by atoms with van der Waals surface area (Å²) in [6, 6.07) is -0.169. The van der Waals surface area contributed by atoms with Crippen LogP contribution in [0.3, 0.4) is 0 Å². The van der Waals surface area contributed by atoms with Gasteiger partial charge in [-0.3, -0.25) is 4.79 Å². The molecule has 0 saturated carbocycles. The van der Waals surface area contributed by atoms with Crippen LogP contribution >= 0.6 is 0 Å². The van der Waals surface area contributed by atoms with Crippen molar-refractivity contribution in [1.82, 2.24) is 20.4 Å². The first-order valence-corrected chi connectivity index (χ1v) is 7.25. The molecule has 2 aliphatic heterocycles. The Kier molecular flexibility index (Phi) is 6.03. The van der Waals surface area contributed by atoms with Crippen LogP contribution in [0.1, 0.15) is 6.42 Å². The molecule has 0 spiro atoms. The molecule has 0 bridgehead atoms. The average Bonchev–Trinajstić information content (AvgIpc) is 2.46. The largest absolute Gasteiger partial charge is 0.378 e. The van der Waals surface area contributed by atoms with Gasteiger partial charge < -0.3 is 25.2 Å². The second-order valence-electron chi connectivity index (χ2n) is 5.37. The van der Waals surface area contributed by atoms with Gasteiger partial charge in [-0.25, -0.2) is 0 Å². The van der Waals surface area contributed by atoms with Gasteiger partial charge in [0, 0.05) is 39.3 Å². The first-order valence-electron chi connectivity index (χ1n) is 7.25. The fourth-order valence-electron chi connectivity index (χ4n) is 2.44. The third kappa shape index (κ3) is 5.06. The van der Waals surface area contributed by atoms with Crippen molar-refractivity contribution >= 4 is 5.91 Å². The van der Waals surface area contributed by atoms with Crippen LogP contribution in [0, 0.1) is 0 Å². The summed E-state index contributed by atoms with van der Waals surface area (Å²) < 4.78 is 5.28. The number of amides is 1. The lowest BCUT2D eigenvalue weighted by Crippen LogP contribution is -2.51. The van der Waals surface area contributed by atoms with Gasteiger partial charge in [-0.2, -0.15) is 0 Å². The van der Waals surface area contributed by atoms with E-state index in [-0.39, 0.29) is 11.9 Å². The maximum atomic E-state index is 11.8. The van der Waals surface area contributed by atoms with Crippen molar-refractivity contribution in [2.24, 2.45) is 0 Å². The van der Waals surface area contributed by atoms with Gasteiger partial charge in [0.15, 0.2) is 0 Å². The van der Waals surface area contributed by atoms with E-state index in [2.05, 4.69) is 27.5 Å². The number of piperazine rings is 1. The highest BCUT2D eigenvalue weighted by Crippen LogP contribution is 1.99. The molecule has 2 fully saturated rings. The lowest BCUT2D eigenvalue weighted by molar-refractivity contribution is -0.125. The van der Waals surface area contributed by atoms with Crippen molar-refractivity contribution in [2.45, 2.75) is 12.5 Å². The molecule has 2 rings (SSSR count). The zero-order valence-corrected chi connectivity index (χ0v) is 11.9. The van der Waals surface area contributed by atoms with E-state index in [9.17, 15) is 4.79 Å². The second kappa shape index (κ2) is 7.79. The topological polar surface area (TPSA) is 56.8 Å². The zero-order valence-electron chi connectivity index (χ0n) is 11.9. The monoisotopic (exact) mass is 270 g/mol. The summed E-state index contributed by atoms with van der Waals surface area (Å²) in [5.41, 5.74) is 0. The van der Waals surface area contributed by atoms with Crippen molar-refractivity contribution < 1.29 is 9.53 Å². The number of hydrogen-bond acceptors (Lipinski definition) is 5. The molecule has 2 N–H and O–H groups in total. The number of rotatable bonds is 5. The van der Waals surface area contributed by atoms with Gasteiger partial charge in [0.25, 0.3) is 0 Å². The first-order chi connectivity index (χ1) is 9.25. The maximum absolute atomic E-state index is 11.8. The third-order valence-corrected chi connectivity index (χ3v) is 3.78. The summed E-state index contributed by atoms with van der Waals surface area (Å²) in [7, 11) is 2.16. The molecule has 6 heteroatoms. The number of nitrogens with one attached hydrogen (secondary N) is 2. The second-order valence-corrected chi connectivity index (χ2v) is 5.37. The molecule has 2 saturated heterocycles. The molecule has 0 aromatic carbocycles. The highest BCUT2D eigenvalue weighted by Gasteiger charge is 2.20. The van der Waals surface area contributed by atoms with Crippen LogP contribution < -0.4 is 10.6 Å². The number of likely N-dealkylation sites (N-methyl/N-ethyl adjacent to an activating group) is 1. The van der Waals surface area contributed by atoms with E-state index in [0.29, 0.717) is 13.2 Å². The smallest absolute Gasteiger partial charge is 0.239 e. The normalized spacial score (nSPS) is 26.3. The molecule has 0 aromatic rings. The molecule has 2 heterocycles. The molecule has 19 heavy (non-hydrogen) atoms. The van der Waals surface area contributed by atoms with Gasteiger partial charge in [-0.15, -0.1) is 0 Å². The third-order valence-electron chi connectivity index (χ3n) is 3.78. The summed E-state index contributed by atoms with van der Waals surface area (Å²) in [5.74, 6) is 0.0677. The summed E-state index contributed by atoms with van der Waals surface area (Å²) in [4.78, 5) is 16.6. The van der Waals surface area contributed by atoms with Crippen molar-refractivity contribution in [1.29, 1.82) is 0 Å². The van der Waals surface area contributed by atoms with E-state index < -0.39 is 0 Å². The fourth-order valence-corrected chi connectivity index (χ4v) is 2.44.